The first kappa shape index (κ1) is 18.8. The van der Waals surface area contributed by atoms with Crippen LogP contribution in [0.25, 0.3) is 17.0 Å². The third-order valence-electron chi connectivity index (χ3n) is 4.84. The van der Waals surface area contributed by atoms with Gasteiger partial charge in [0.25, 0.3) is 0 Å². The lowest BCUT2D eigenvalue weighted by molar-refractivity contribution is 0.387. The lowest BCUT2D eigenvalue weighted by Gasteiger charge is -2.29. The predicted octanol–water partition coefficient (Wildman–Crippen LogP) is 2.20. The second kappa shape index (κ2) is 7.44. The van der Waals surface area contributed by atoms with E-state index < -0.39 is 16.0 Å². The van der Waals surface area contributed by atoms with E-state index in [1.54, 1.807) is 30.6 Å². The van der Waals surface area contributed by atoms with E-state index in [4.69, 9.17) is 0 Å². The number of sulfonamides is 1. The smallest absolute Gasteiger partial charge is 0.223 e. The van der Waals surface area contributed by atoms with Crippen LogP contribution in [0.3, 0.4) is 0 Å². The molecule has 1 aliphatic rings. The van der Waals surface area contributed by atoms with Gasteiger partial charge < -0.3 is 5.32 Å². The topological polar surface area (TPSA) is 101 Å². The van der Waals surface area contributed by atoms with Crippen LogP contribution in [0.4, 0.5) is 10.3 Å². The third-order valence-corrected chi connectivity index (χ3v) is 5.60. The number of hydrogen-bond donors (Lipinski definition) is 2. The largest absolute Gasteiger partial charge is 0.351 e. The van der Waals surface area contributed by atoms with Crippen molar-refractivity contribution in [3.8, 4) is 11.4 Å². The van der Waals surface area contributed by atoms with Gasteiger partial charge in [-0.1, -0.05) is 6.07 Å². The van der Waals surface area contributed by atoms with Crippen molar-refractivity contribution in [3.05, 3.63) is 42.6 Å². The fraction of sp³-hybridized carbons (Fsp3) is 0.389. The average molecular weight is 404 g/mol. The Balaban J connectivity index is 1.48. The minimum absolute atomic E-state index is 0.0264. The van der Waals surface area contributed by atoms with Crippen molar-refractivity contribution in [1.29, 1.82) is 0 Å². The zero-order chi connectivity index (χ0) is 19.7. The average Bonchev–Trinajstić information content (AvgIpc) is 3.08. The van der Waals surface area contributed by atoms with E-state index in [1.165, 1.54) is 16.7 Å². The fourth-order valence-corrected chi connectivity index (χ4v) is 4.43. The predicted molar refractivity (Wildman–Crippen MR) is 104 cm³/mol. The SMILES string of the molecule is CS(=O)(=O)NC1CCC(Nc2nccc(-c3cnc4cccc(F)n34)n2)CC1. The second-order valence-corrected chi connectivity index (χ2v) is 8.81. The van der Waals surface area contributed by atoms with Crippen LogP contribution in [0, 0.1) is 5.95 Å². The number of pyridine rings is 1. The molecule has 3 heterocycles. The molecule has 1 saturated carbocycles. The van der Waals surface area contributed by atoms with Gasteiger partial charge in [0.1, 0.15) is 5.65 Å². The molecule has 1 fully saturated rings. The number of anilines is 1. The summed E-state index contributed by atoms with van der Waals surface area (Å²) in [5.41, 5.74) is 1.64. The highest BCUT2D eigenvalue weighted by atomic mass is 32.2. The first-order chi connectivity index (χ1) is 13.4. The first-order valence-corrected chi connectivity index (χ1v) is 11.0. The zero-order valence-electron chi connectivity index (χ0n) is 15.3. The molecular weight excluding hydrogens is 383 g/mol. The quantitative estimate of drug-likeness (QED) is 0.632. The summed E-state index contributed by atoms with van der Waals surface area (Å²) < 4.78 is 41.0. The molecule has 148 valence electrons. The molecule has 4 rings (SSSR count). The first-order valence-electron chi connectivity index (χ1n) is 9.08. The lowest BCUT2D eigenvalue weighted by Crippen LogP contribution is -2.39. The van der Waals surface area contributed by atoms with Crippen molar-refractivity contribution in [1.82, 2.24) is 24.1 Å². The molecule has 2 N–H and O–H groups in total. The fourth-order valence-electron chi connectivity index (χ4n) is 3.59. The van der Waals surface area contributed by atoms with E-state index in [2.05, 4.69) is 25.0 Å². The molecule has 1 aliphatic carbocycles. The van der Waals surface area contributed by atoms with E-state index in [1.807, 2.05) is 0 Å². The maximum atomic E-state index is 14.2. The number of hydrogen-bond acceptors (Lipinski definition) is 6. The second-order valence-electron chi connectivity index (χ2n) is 7.03. The standard InChI is InChI=1S/C18H21FN6O2S/c1-28(26,27)24-13-7-5-12(6-8-13)22-18-20-10-9-14(23-18)15-11-21-17-4-2-3-16(19)25(15)17/h2-4,9-13,24H,5-8H2,1H3,(H,20,22,23). The van der Waals surface area contributed by atoms with Crippen molar-refractivity contribution in [3.63, 3.8) is 0 Å². The van der Waals surface area contributed by atoms with Crippen molar-refractivity contribution in [2.75, 3.05) is 11.6 Å². The zero-order valence-corrected chi connectivity index (χ0v) is 16.2. The Bertz CT molecular complexity index is 1090. The molecule has 10 heteroatoms. The molecule has 0 radical (unpaired) electrons. The summed E-state index contributed by atoms with van der Waals surface area (Å²) in [5, 5.41) is 3.31. The van der Waals surface area contributed by atoms with Crippen molar-refractivity contribution >= 4 is 21.6 Å². The van der Waals surface area contributed by atoms with Gasteiger partial charge in [-0.2, -0.15) is 4.39 Å². The number of imidazole rings is 1. The molecule has 0 aromatic carbocycles. The summed E-state index contributed by atoms with van der Waals surface area (Å²) in [6.45, 7) is 0. The molecule has 8 nitrogen and oxygen atoms in total. The molecule has 28 heavy (non-hydrogen) atoms. The summed E-state index contributed by atoms with van der Waals surface area (Å²) >= 11 is 0. The molecular formula is C18H21FN6O2S. The summed E-state index contributed by atoms with van der Waals surface area (Å²) in [7, 11) is -3.19. The van der Waals surface area contributed by atoms with Crippen LogP contribution in [0.5, 0.6) is 0 Å². The maximum absolute atomic E-state index is 14.2. The van der Waals surface area contributed by atoms with Crippen molar-refractivity contribution in [2.45, 2.75) is 37.8 Å². The number of fused-ring (bicyclic) bond motifs is 1. The summed E-state index contributed by atoms with van der Waals surface area (Å²) in [5.74, 6) is 0.0538. The number of nitrogens with one attached hydrogen (secondary N) is 2. The Kier molecular flexibility index (Phi) is 4.98. The molecule has 0 bridgehead atoms. The van der Waals surface area contributed by atoms with Gasteiger partial charge in [-0.15, -0.1) is 0 Å². The van der Waals surface area contributed by atoms with Crippen LogP contribution in [0.15, 0.2) is 36.7 Å². The van der Waals surface area contributed by atoms with Gasteiger partial charge >= 0.3 is 0 Å². The normalized spacial score (nSPS) is 20.4. The molecule has 3 aromatic heterocycles. The molecule has 0 unspecified atom stereocenters. The van der Waals surface area contributed by atoms with E-state index in [-0.39, 0.29) is 12.1 Å². The van der Waals surface area contributed by atoms with E-state index >= 15 is 0 Å². The summed E-state index contributed by atoms with van der Waals surface area (Å²) in [6.07, 6.45) is 7.52. The van der Waals surface area contributed by atoms with Crippen molar-refractivity contribution < 1.29 is 12.8 Å². The number of nitrogens with zero attached hydrogens (tertiary/aromatic N) is 4. The van der Waals surface area contributed by atoms with Gasteiger partial charge in [-0.25, -0.2) is 28.1 Å². The summed E-state index contributed by atoms with van der Waals surface area (Å²) in [4.78, 5) is 13.0. The Hall–Kier alpha value is -2.59. The van der Waals surface area contributed by atoms with Gasteiger partial charge in [0, 0.05) is 18.3 Å². The van der Waals surface area contributed by atoms with Gasteiger partial charge in [0.2, 0.25) is 16.0 Å². The van der Waals surface area contributed by atoms with Gasteiger partial charge in [-0.3, -0.25) is 4.40 Å². The third kappa shape index (κ3) is 4.12. The molecule has 0 aliphatic heterocycles. The van der Waals surface area contributed by atoms with Gasteiger partial charge in [-0.05, 0) is 43.9 Å². The van der Waals surface area contributed by atoms with Crippen LogP contribution < -0.4 is 10.0 Å². The van der Waals surface area contributed by atoms with E-state index in [9.17, 15) is 12.8 Å². The minimum atomic E-state index is -3.19. The van der Waals surface area contributed by atoms with Crippen LogP contribution in [-0.4, -0.2) is 46.1 Å². The molecule has 0 atom stereocenters. The highest BCUT2D eigenvalue weighted by molar-refractivity contribution is 7.88. The molecule has 0 saturated heterocycles. The molecule has 3 aromatic rings. The Morgan fingerprint density at radius 2 is 1.86 bits per heavy atom. The van der Waals surface area contributed by atoms with Gasteiger partial charge in [0.05, 0.1) is 23.8 Å². The van der Waals surface area contributed by atoms with Crippen molar-refractivity contribution in [2.24, 2.45) is 0 Å². The van der Waals surface area contributed by atoms with Crippen LogP contribution in [-0.2, 0) is 10.0 Å². The Labute approximate surface area is 162 Å². The summed E-state index contributed by atoms with van der Waals surface area (Å²) in [6, 6.07) is 6.57. The number of rotatable bonds is 5. The number of halogens is 1. The lowest BCUT2D eigenvalue weighted by atomic mass is 9.92. The molecule has 0 amide bonds. The van der Waals surface area contributed by atoms with Crippen LogP contribution in [0.2, 0.25) is 0 Å². The highest BCUT2D eigenvalue weighted by Gasteiger charge is 2.23. The highest BCUT2D eigenvalue weighted by Crippen LogP contribution is 2.24. The maximum Gasteiger partial charge on any atom is 0.223 e. The minimum Gasteiger partial charge on any atom is -0.351 e. The molecule has 0 spiro atoms. The number of aromatic nitrogens is 4. The van der Waals surface area contributed by atoms with Crippen LogP contribution in [0.1, 0.15) is 25.7 Å². The Morgan fingerprint density at radius 3 is 2.61 bits per heavy atom. The van der Waals surface area contributed by atoms with E-state index in [0.717, 1.165) is 25.7 Å². The monoisotopic (exact) mass is 404 g/mol. The van der Waals surface area contributed by atoms with Gasteiger partial charge in [0.15, 0.2) is 5.95 Å². The Morgan fingerprint density at radius 1 is 1.11 bits per heavy atom. The van der Waals surface area contributed by atoms with E-state index in [0.29, 0.717) is 23.0 Å². The van der Waals surface area contributed by atoms with Crippen LogP contribution >= 0.6 is 0 Å².